The van der Waals surface area contributed by atoms with Crippen molar-refractivity contribution >= 4 is 0 Å². The molecule has 6 atom stereocenters. The number of allylic oxidation sites excluding steroid dienone is 2. The van der Waals surface area contributed by atoms with E-state index in [9.17, 15) is 5.11 Å². The van der Waals surface area contributed by atoms with Crippen LogP contribution in [0.15, 0.2) is 22.9 Å². The molecule has 4 aliphatic rings. The van der Waals surface area contributed by atoms with Crippen molar-refractivity contribution in [1.29, 1.82) is 0 Å². The molecule has 4 rings (SSSR count). The van der Waals surface area contributed by atoms with E-state index in [0.717, 1.165) is 19.3 Å². The molecule has 0 aromatic heterocycles. The number of likely N-dealkylation sites (N-methyl/N-ethyl adjacent to an activating group) is 1. The van der Waals surface area contributed by atoms with Crippen LogP contribution < -0.4 is 10.6 Å². The van der Waals surface area contributed by atoms with E-state index in [2.05, 4.69) is 44.7 Å². The van der Waals surface area contributed by atoms with Gasteiger partial charge in [-0.2, -0.15) is 0 Å². The first kappa shape index (κ1) is 16.7. The van der Waals surface area contributed by atoms with Gasteiger partial charge in [0.2, 0.25) is 0 Å². The van der Waals surface area contributed by atoms with Crippen LogP contribution in [-0.2, 0) is 0 Å². The monoisotopic (exact) mass is 330 g/mol. The summed E-state index contributed by atoms with van der Waals surface area (Å²) in [5.41, 5.74) is 5.25. The average molecular weight is 331 g/mol. The molecule has 0 amide bonds. The number of aliphatic hydroxyl groups is 1. The van der Waals surface area contributed by atoms with Crippen LogP contribution in [0.3, 0.4) is 0 Å². The maximum atomic E-state index is 10.2. The maximum absolute atomic E-state index is 10.2. The molecule has 0 radical (unpaired) electrons. The predicted molar refractivity (Wildman–Crippen MR) is 98.5 cm³/mol. The molecule has 3 heteroatoms. The van der Waals surface area contributed by atoms with Gasteiger partial charge in [0, 0.05) is 18.8 Å². The summed E-state index contributed by atoms with van der Waals surface area (Å²) < 4.78 is 0. The number of hydrogen-bond donors (Lipinski definition) is 3. The zero-order valence-corrected chi connectivity index (χ0v) is 15.8. The maximum Gasteiger partial charge on any atom is 0.0578 e. The molecule has 0 saturated heterocycles. The van der Waals surface area contributed by atoms with Crippen LogP contribution in [0.2, 0.25) is 0 Å². The van der Waals surface area contributed by atoms with Crippen molar-refractivity contribution in [3.63, 3.8) is 0 Å². The molecule has 3 fully saturated rings. The van der Waals surface area contributed by atoms with Gasteiger partial charge < -0.3 is 15.7 Å². The van der Waals surface area contributed by atoms with E-state index in [1.165, 1.54) is 37.0 Å². The van der Waals surface area contributed by atoms with Gasteiger partial charge in [0.1, 0.15) is 0 Å². The van der Waals surface area contributed by atoms with E-state index >= 15 is 0 Å². The van der Waals surface area contributed by atoms with Gasteiger partial charge in [-0.05, 0) is 86.3 Å². The van der Waals surface area contributed by atoms with Gasteiger partial charge in [0.25, 0.3) is 0 Å². The molecular weight excluding hydrogens is 296 g/mol. The molecule has 0 heterocycles. The highest BCUT2D eigenvalue weighted by atomic mass is 16.3. The van der Waals surface area contributed by atoms with E-state index in [1.54, 1.807) is 5.57 Å². The van der Waals surface area contributed by atoms with Crippen molar-refractivity contribution in [2.75, 3.05) is 14.1 Å². The van der Waals surface area contributed by atoms with Crippen molar-refractivity contribution in [3.05, 3.63) is 22.9 Å². The topological polar surface area (TPSA) is 44.3 Å². The van der Waals surface area contributed by atoms with Crippen molar-refractivity contribution < 1.29 is 5.11 Å². The highest BCUT2D eigenvalue weighted by Gasteiger charge is 2.57. The molecule has 3 saturated carbocycles. The fourth-order valence-corrected chi connectivity index (χ4v) is 6.77. The van der Waals surface area contributed by atoms with E-state index in [1.807, 2.05) is 0 Å². The summed E-state index contributed by atoms with van der Waals surface area (Å²) in [5, 5.41) is 17.3. The summed E-state index contributed by atoms with van der Waals surface area (Å²) >= 11 is 0. The zero-order valence-electron chi connectivity index (χ0n) is 15.8. The predicted octanol–water partition coefficient (Wildman–Crippen LogP) is 3.37. The van der Waals surface area contributed by atoms with Gasteiger partial charge in [-0.1, -0.05) is 19.4 Å². The molecular formula is C21H34N2O. The van der Waals surface area contributed by atoms with Gasteiger partial charge in [0.05, 0.1) is 6.10 Å². The smallest absolute Gasteiger partial charge is 0.0578 e. The highest BCUT2D eigenvalue weighted by molar-refractivity contribution is 5.44. The van der Waals surface area contributed by atoms with Crippen LogP contribution in [0.25, 0.3) is 0 Å². The molecule has 134 valence electrons. The van der Waals surface area contributed by atoms with Crippen molar-refractivity contribution in [2.45, 2.75) is 70.9 Å². The van der Waals surface area contributed by atoms with E-state index in [4.69, 9.17) is 0 Å². The van der Waals surface area contributed by atoms with Crippen molar-refractivity contribution in [3.8, 4) is 0 Å². The number of hydrogen-bond acceptors (Lipinski definition) is 3. The summed E-state index contributed by atoms with van der Waals surface area (Å²) in [6.45, 7) is 5.00. The first-order valence-electron chi connectivity index (χ1n) is 9.92. The summed E-state index contributed by atoms with van der Waals surface area (Å²) in [7, 11) is 4.22. The lowest BCUT2D eigenvalue weighted by Gasteiger charge is -2.55. The second-order valence-electron chi connectivity index (χ2n) is 9.17. The fourth-order valence-electron chi connectivity index (χ4n) is 6.77. The zero-order chi connectivity index (χ0) is 17.1. The Kier molecular flexibility index (Phi) is 3.89. The lowest BCUT2D eigenvalue weighted by atomic mass is 9.50. The normalized spacial score (nSPS) is 47.6. The first-order chi connectivity index (χ1) is 11.4. The minimum atomic E-state index is -0.141. The Morgan fingerprint density at radius 2 is 1.83 bits per heavy atom. The van der Waals surface area contributed by atoms with Crippen molar-refractivity contribution in [1.82, 2.24) is 10.6 Å². The average Bonchev–Trinajstić information content (AvgIpc) is 2.91. The minimum absolute atomic E-state index is 0.141. The molecule has 0 unspecified atom stereocenters. The molecule has 3 nitrogen and oxygen atoms in total. The van der Waals surface area contributed by atoms with Crippen molar-refractivity contribution in [2.24, 2.45) is 22.7 Å². The summed E-state index contributed by atoms with van der Waals surface area (Å²) in [6, 6.07) is 0.653. The minimum Gasteiger partial charge on any atom is -0.393 e. The van der Waals surface area contributed by atoms with Gasteiger partial charge in [-0.3, -0.25) is 0 Å². The van der Waals surface area contributed by atoms with Crippen LogP contribution in [-0.4, -0.2) is 31.3 Å². The molecule has 0 aliphatic heterocycles. The second-order valence-corrected chi connectivity index (χ2v) is 9.17. The Morgan fingerprint density at radius 1 is 1.04 bits per heavy atom. The van der Waals surface area contributed by atoms with Crippen LogP contribution in [0, 0.1) is 22.7 Å². The number of fused-ring (bicyclic) bond motifs is 5. The second kappa shape index (κ2) is 5.60. The van der Waals surface area contributed by atoms with Crippen LogP contribution in [0.1, 0.15) is 58.8 Å². The third-order valence-electron chi connectivity index (χ3n) is 8.26. The third kappa shape index (κ3) is 2.10. The van der Waals surface area contributed by atoms with E-state index < -0.39 is 0 Å². The van der Waals surface area contributed by atoms with Gasteiger partial charge in [-0.15, -0.1) is 0 Å². The quantitative estimate of drug-likeness (QED) is 0.727. The number of rotatable bonds is 2. The largest absolute Gasteiger partial charge is 0.393 e. The Labute approximate surface area is 147 Å². The van der Waals surface area contributed by atoms with E-state index in [0.29, 0.717) is 23.3 Å². The standard InChI is InChI=1S/C21H34N2O/c1-20-9-7-14(24)11-13(20)12-17(22-3)19-15-5-6-18(23-4)21(15,2)10-8-16(19)20/h12,14-16,18,22-24H,5-11H2,1-4H3/t14-,15-,16-,18-,20-,21-/m0/s1. The van der Waals surface area contributed by atoms with E-state index in [-0.39, 0.29) is 11.5 Å². The molecule has 0 bridgehead atoms. The Morgan fingerprint density at radius 3 is 2.54 bits per heavy atom. The lowest BCUT2D eigenvalue weighted by molar-refractivity contribution is 0.0503. The number of nitrogens with one attached hydrogen (secondary N) is 2. The Bertz CT molecular complexity index is 591. The molecule has 0 aromatic carbocycles. The summed E-state index contributed by atoms with van der Waals surface area (Å²) in [4.78, 5) is 0. The number of aliphatic hydroxyl groups excluding tert-OH is 1. The third-order valence-corrected chi connectivity index (χ3v) is 8.26. The molecule has 3 N–H and O–H groups in total. The lowest BCUT2D eigenvalue weighted by Crippen LogP contribution is -2.50. The molecule has 0 aromatic rings. The summed E-state index contributed by atoms with van der Waals surface area (Å²) in [6.07, 6.45) is 10.5. The molecule has 24 heavy (non-hydrogen) atoms. The summed E-state index contributed by atoms with van der Waals surface area (Å²) in [5.74, 6) is 1.37. The Hall–Kier alpha value is -0.800. The van der Waals surface area contributed by atoms with Crippen LogP contribution in [0.5, 0.6) is 0 Å². The SMILES string of the molecule is CNC1=C2[C@@H]3CC[C@H](NC)[C@@]3(C)CC[C@@H]2[C@@]2(C)CC[C@H](O)CC2=C1. The first-order valence-corrected chi connectivity index (χ1v) is 9.92. The van der Waals surface area contributed by atoms with Gasteiger partial charge in [0.15, 0.2) is 0 Å². The van der Waals surface area contributed by atoms with Gasteiger partial charge >= 0.3 is 0 Å². The molecule has 4 aliphatic carbocycles. The van der Waals surface area contributed by atoms with Gasteiger partial charge in [-0.25, -0.2) is 0 Å². The van der Waals surface area contributed by atoms with Crippen LogP contribution in [0.4, 0.5) is 0 Å². The fraction of sp³-hybridized carbons (Fsp3) is 0.810. The highest BCUT2D eigenvalue weighted by Crippen LogP contribution is 2.64. The Balaban J connectivity index is 1.81. The van der Waals surface area contributed by atoms with Crippen LogP contribution >= 0.6 is 0 Å². The molecule has 0 spiro atoms.